The number of nitriles is 1. The molecule has 1 saturated heterocycles. The first kappa shape index (κ1) is 16.6. The van der Waals surface area contributed by atoms with Gasteiger partial charge in [0, 0.05) is 32.4 Å². The predicted octanol–water partition coefficient (Wildman–Crippen LogP) is 1.18. The van der Waals surface area contributed by atoms with Crippen LogP contribution in [0.4, 0.5) is 11.6 Å². The highest BCUT2D eigenvalue weighted by Crippen LogP contribution is 2.20. The summed E-state index contributed by atoms with van der Waals surface area (Å²) in [5, 5.41) is 22.7. The first-order valence-electron chi connectivity index (χ1n) is 8.13. The Labute approximate surface area is 145 Å². The molecule has 0 radical (unpaired) electrons. The molecule has 0 atom stereocenters. The van der Waals surface area contributed by atoms with E-state index in [0.717, 1.165) is 31.7 Å². The van der Waals surface area contributed by atoms with Crippen LogP contribution in [0.3, 0.4) is 0 Å². The molecular weight excluding hydrogens is 318 g/mol. The van der Waals surface area contributed by atoms with Gasteiger partial charge in [0.2, 0.25) is 0 Å². The van der Waals surface area contributed by atoms with Crippen molar-refractivity contribution in [3.8, 4) is 6.07 Å². The standard InChI is InChI=1S/C17H19N7O/c1-19-17(25)14-3-4-15(23-22-14)21-13-6-8-24(9-7-13)16-5-2-12(10-18)11-20-16/h2-5,11,13H,6-9H2,1H3,(H,19,25)(H,21,23). The summed E-state index contributed by atoms with van der Waals surface area (Å²) in [7, 11) is 1.56. The third-order valence-corrected chi connectivity index (χ3v) is 4.17. The Morgan fingerprint density at radius 3 is 2.60 bits per heavy atom. The van der Waals surface area contributed by atoms with Gasteiger partial charge >= 0.3 is 0 Å². The summed E-state index contributed by atoms with van der Waals surface area (Å²) in [5.74, 6) is 1.32. The van der Waals surface area contributed by atoms with Crippen LogP contribution >= 0.6 is 0 Å². The smallest absolute Gasteiger partial charge is 0.271 e. The van der Waals surface area contributed by atoms with E-state index in [1.54, 1.807) is 31.4 Å². The van der Waals surface area contributed by atoms with Gasteiger partial charge in [-0.25, -0.2) is 4.98 Å². The van der Waals surface area contributed by atoms with Crippen LogP contribution in [0.2, 0.25) is 0 Å². The molecule has 8 heteroatoms. The molecule has 0 unspecified atom stereocenters. The van der Waals surface area contributed by atoms with Crippen molar-refractivity contribution < 1.29 is 4.79 Å². The van der Waals surface area contributed by atoms with Crippen LogP contribution in [-0.2, 0) is 0 Å². The van der Waals surface area contributed by atoms with Crippen molar-refractivity contribution in [1.82, 2.24) is 20.5 Å². The zero-order valence-corrected chi connectivity index (χ0v) is 13.9. The van der Waals surface area contributed by atoms with E-state index in [2.05, 4.69) is 36.8 Å². The van der Waals surface area contributed by atoms with Crippen LogP contribution in [0.5, 0.6) is 0 Å². The molecule has 0 bridgehead atoms. The Morgan fingerprint density at radius 1 is 1.24 bits per heavy atom. The number of hydrogen-bond acceptors (Lipinski definition) is 7. The molecule has 2 aromatic rings. The van der Waals surface area contributed by atoms with Crippen molar-refractivity contribution in [3.63, 3.8) is 0 Å². The SMILES string of the molecule is CNC(=O)c1ccc(NC2CCN(c3ccc(C#N)cn3)CC2)nn1. The van der Waals surface area contributed by atoms with E-state index in [0.29, 0.717) is 23.1 Å². The summed E-state index contributed by atoms with van der Waals surface area (Å²) in [6.07, 6.45) is 3.49. The average Bonchev–Trinajstić information content (AvgIpc) is 2.68. The Morgan fingerprint density at radius 2 is 2.04 bits per heavy atom. The largest absolute Gasteiger partial charge is 0.366 e. The van der Waals surface area contributed by atoms with Crippen molar-refractivity contribution in [2.45, 2.75) is 18.9 Å². The monoisotopic (exact) mass is 337 g/mol. The maximum Gasteiger partial charge on any atom is 0.271 e. The normalized spacial score (nSPS) is 14.6. The second kappa shape index (κ2) is 7.57. The van der Waals surface area contributed by atoms with Gasteiger partial charge in [-0.15, -0.1) is 10.2 Å². The number of nitrogens with one attached hydrogen (secondary N) is 2. The summed E-state index contributed by atoms with van der Waals surface area (Å²) < 4.78 is 0. The van der Waals surface area contributed by atoms with E-state index in [1.165, 1.54) is 0 Å². The van der Waals surface area contributed by atoms with Gasteiger partial charge in [-0.05, 0) is 37.1 Å². The zero-order chi connectivity index (χ0) is 17.6. The Kier molecular flexibility index (Phi) is 5.04. The lowest BCUT2D eigenvalue weighted by Crippen LogP contribution is -2.39. The third-order valence-electron chi connectivity index (χ3n) is 4.17. The Balaban J connectivity index is 1.53. The van der Waals surface area contributed by atoms with Gasteiger partial charge in [-0.1, -0.05) is 0 Å². The quantitative estimate of drug-likeness (QED) is 0.863. The molecule has 25 heavy (non-hydrogen) atoms. The summed E-state index contributed by atoms with van der Waals surface area (Å²) in [6.45, 7) is 1.75. The van der Waals surface area contributed by atoms with E-state index in [-0.39, 0.29) is 5.91 Å². The van der Waals surface area contributed by atoms with Crippen LogP contribution in [0.15, 0.2) is 30.5 Å². The van der Waals surface area contributed by atoms with E-state index in [1.807, 2.05) is 6.07 Å². The van der Waals surface area contributed by atoms with E-state index in [4.69, 9.17) is 5.26 Å². The number of hydrogen-bond donors (Lipinski definition) is 2. The highest BCUT2D eigenvalue weighted by atomic mass is 16.1. The molecule has 0 aromatic carbocycles. The summed E-state index contributed by atoms with van der Waals surface area (Å²) >= 11 is 0. The fourth-order valence-electron chi connectivity index (χ4n) is 2.76. The van der Waals surface area contributed by atoms with Gasteiger partial charge in [-0.2, -0.15) is 5.26 Å². The van der Waals surface area contributed by atoms with Gasteiger partial charge in [0.05, 0.1) is 5.56 Å². The van der Waals surface area contributed by atoms with Crippen LogP contribution in [0.1, 0.15) is 28.9 Å². The molecule has 2 N–H and O–H groups in total. The molecule has 2 aromatic heterocycles. The molecule has 0 aliphatic carbocycles. The molecule has 0 spiro atoms. The molecule has 1 aliphatic heterocycles. The van der Waals surface area contributed by atoms with Gasteiger partial charge in [-0.3, -0.25) is 4.79 Å². The second-order valence-electron chi connectivity index (χ2n) is 5.81. The minimum atomic E-state index is -0.248. The number of aromatic nitrogens is 3. The summed E-state index contributed by atoms with van der Waals surface area (Å²) in [5.41, 5.74) is 0.869. The third kappa shape index (κ3) is 4.01. The lowest BCUT2D eigenvalue weighted by molar-refractivity contribution is 0.0957. The molecule has 1 aliphatic rings. The zero-order valence-electron chi connectivity index (χ0n) is 13.9. The van der Waals surface area contributed by atoms with Crippen LogP contribution < -0.4 is 15.5 Å². The van der Waals surface area contributed by atoms with Crippen molar-refractivity contribution in [2.75, 3.05) is 30.4 Å². The van der Waals surface area contributed by atoms with Crippen LogP contribution in [-0.4, -0.2) is 47.3 Å². The van der Waals surface area contributed by atoms with Crippen LogP contribution in [0, 0.1) is 11.3 Å². The highest BCUT2D eigenvalue weighted by molar-refractivity contribution is 5.91. The first-order valence-corrected chi connectivity index (χ1v) is 8.13. The van der Waals surface area contributed by atoms with E-state index in [9.17, 15) is 4.79 Å². The Hall–Kier alpha value is -3.21. The maximum atomic E-state index is 11.5. The van der Waals surface area contributed by atoms with Gasteiger partial charge in [0.25, 0.3) is 5.91 Å². The summed E-state index contributed by atoms with van der Waals surface area (Å²) in [6, 6.07) is 9.48. The number of carbonyl (C=O) groups is 1. The van der Waals surface area contributed by atoms with Gasteiger partial charge in [0.1, 0.15) is 17.7 Å². The number of nitrogens with zero attached hydrogens (tertiary/aromatic N) is 5. The van der Waals surface area contributed by atoms with E-state index < -0.39 is 0 Å². The highest BCUT2D eigenvalue weighted by Gasteiger charge is 2.20. The number of amides is 1. The number of pyridine rings is 1. The molecule has 1 fully saturated rings. The molecule has 8 nitrogen and oxygen atoms in total. The van der Waals surface area contributed by atoms with Crippen LogP contribution in [0.25, 0.3) is 0 Å². The number of rotatable bonds is 4. The van der Waals surface area contributed by atoms with Gasteiger partial charge in [0.15, 0.2) is 5.69 Å². The first-order chi connectivity index (χ1) is 12.2. The molecule has 3 heterocycles. The molecular formula is C17H19N7O. The predicted molar refractivity (Wildman–Crippen MR) is 93.2 cm³/mol. The minimum absolute atomic E-state index is 0.248. The molecule has 1 amide bonds. The summed E-state index contributed by atoms with van der Waals surface area (Å²) in [4.78, 5) is 18.0. The van der Waals surface area contributed by atoms with Crippen molar-refractivity contribution in [2.24, 2.45) is 0 Å². The lowest BCUT2D eigenvalue weighted by atomic mass is 10.0. The fraction of sp³-hybridized carbons (Fsp3) is 0.353. The average molecular weight is 337 g/mol. The number of anilines is 2. The van der Waals surface area contributed by atoms with Crippen molar-refractivity contribution in [3.05, 3.63) is 41.7 Å². The second-order valence-corrected chi connectivity index (χ2v) is 5.81. The minimum Gasteiger partial charge on any atom is -0.366 e. The topological polar surface area (TPSA) is 107 Å². The molecule has 0 saturated carbocycles. The Bertz CT molecular complexity index is 759. The van der Waals surface area contributed by atoms with Crippen molar-refractivity contribution in [1.29, 1.82) is 5.26 Å². The van der Waals surface area contributed by atoms with E-state index >= 15 is 0 Å². The molecule has 128 valence electrons. The number of piperidine rings is 1. The van der Waals surface area contributed by atoms with Crippen molar-refractivity contribution >= 4 is 17.5 Å². The maximum absolute atomic E-state index is 11.5. The lowest BCUT2D eigenvalue weighted by Gasteiger charge is -2.33. The number of carbonyl (C=O) groups excluding carboxylic acids is 1. The van der Waals surface area contributed by atoms with Gasteiger partial charge < -0.3 is 15.5 Å². The molecule has 3 rings (SSSR count). The fourth-order valence-corrected chi connectivity index (χ4v) is 2.76.